The first kappa shape index (κ1) is 41.3. The molecule has 264 valence electrons. The molecule has 0 spiro atoms. The van der Waals surface area contributed by atoms with Gasteiger partial charge in [-0.3, -0.25) is 0 Å². The van der Waals surface area contributed by atoms with Gasteiger partial charge >= 0.3 is 23.9 Å². The number of hydrogen-bond donors (Lipinski definition) is 2. The average Bonchev–Trinajstić information content (AvgIpc) is 3.68. The van der Waals surface area contributed by atoms with Crippen molar-refractivity contribution in [2.24, 2.45) is 33.5 Å². The molecule has 4 bridgehead atoms. The molecule has 6 unspecified atom stereocenters. The molecule has 0 aromatic carbocycles. The maximum atomic E-state index is 12.1. The second kappa shape index (κ2) is 16.9. The third kappa shape index (κ3) is 9.43. The van der Waals surface area contributed by atoms with Crippen molar-refractivity contribution in [2.45, 2.75) is 120 Å². The zero-order valence-electron chi connectivity index (χ0n) is 30.0. The second-order valence-electron chi connectivity index (χ2n) is 14.5. The van der Waals surface area contributed by atoms with Crippen molar-refractivity contribution in [3.63, 3.8) is 0 Å². The molecule has 10 nitrogen and oxygen atoms in total. The first-order chi connectivity index (χ1) is 21.2. The van der Waals surface area contributed by atoms with E-state index in [-0.39, 0.29) is 71.4 Å². The van der Waals surface area contributed by atoms with Crippen molar-refractivity contribution in [2.75, 3.05) is 26.4 Å². The number of ether oxygens (including phenoxy) is 4. The van der Waals surface area contributed by atoms with E-state index in [2.05, 4.69) is 64.2 Å². The molecular weight excluding hydrogens is 592 g/mol. The fraction of sp³-hybridized carbons (Fsp3) is 0.778. The molecule has 4 aliphatic rings. The van der Waals surface area contributed by atoms with Crippen molar-refractivity contribution >= 4 is 23.9 Å². The van der Waals surface area contributed by atoms with Crippen LogP contribution in [-0.2, 0) is 38.1 Å². The minimum absolute atomic E-state index is 0.0266. The molecule has 0 heterocycles. The van der Waals surface area contributed by atoms with Crippen LogP contribution in [0.1, 0.15) is 108 Å². The molecule has 2 N–H and O–H groups in total. The quantitative estimate of drug-likeness (QED) is 0.110. The van der Waals surface area contributed by atoms with E-state index in [0.717, 1.165) is 18.8 Å². The Kier molecular flexibility index (Phi) is 15.2. The van der Waals surface area contributed by atoms with E-state index in [4.69, 9.17) is 14.6 Å². The van der Waals surface area contributed by atoms with Gasteiger partial charge < -0.3 is 29.2 Å². The van der Waals surface area contributed by atoms with Gasteiger partial charge in [-0.15, -0.1) is 0 Å². The molecule has 10 heteroatoms. The van der Waals surface area contributed by atoms with E-state index < -0.39 is 23.9 Å². The van der Waals surface area contributed by atoms with E-state index in [9.17, 15) is 24.3 Å². The number of hydrogen-bond acceptors (Lipinski definition) is 10. The van der Waals surface area contributed by atoms with Crippen LogP contribution in [0.4, 0.5) is 0 Å². The van der Waals surface area contributed by atoms with Crippen LogP contribution in [0, 0.1) is 33.5 Å². The molecule has 0 amide bonds. The summed E-state index contributed by atoms with van der Waals surface area (Å²) >= 11 is 0. The van der Waals surface area contributed by atoms with Gasteiger partial charge in [0.05, 0.1) is 25.9 Å². The largest absolute Gasteiger partial charge is 0.462 e. The number of aliphatic hydroxyl groups excluding tert-OH is 2. The Labute approximate surface area is 276 Å². The molecule has 4 aliphatic carbocycles. The molecular formula is C36H60O10. The van der Waals surface area contributed by atoms with Crippen LogP contribution < -0.4 is 0 Å². The van der Waals surface area contributed by atoms with Crippen LogP contribution in [0.3, 0.4) is 0 Å². The van der Waals surface area contributed by atoms with Gasteiger partial charge in [0.1, 0.15) is 17.3 Å². The Morgan fingerprint density at radius 2 is 1.00 bits per heavy atom. The average molecular weight is 653 g/mol. The van der Waals surface area contributed by atoms with Gasteiger partial charge in [-0.2, -0.15) is 0 Å². The monoisotopic (exact) mass is 652 g/mol. The predicted octanol–water partition coefficient (Wildman–Crippen LogP) is 5.72. The van der Waals surface area contributed by atoms with Gasteiger partial charge in [-0.25, -0.2) is 19.2 Å². The smallest absolute Gasteiger partial charge is 0.345 e. The molecule has 0 aromatic heterocycles. The fourth-order valence-corrected chi connectivity index (χ4v) is 7.83. The molecule has 4 saturated carbocycles. The topological polar surface area (TPSA) is 146 Å². The van der Waals surface area contributed by atoms with Crippen molar-refractivity contribution in [3.05, 3.63) is 24.3 Å². The van der Waals surface area contributed by atoms with Crippen LogP contribution in [0.5, 0.6) is 0 Å². The standard InChI is InChI=1S/C16H24O4.C10H18O.C8H12O4.C2H6O/c1-6-19-12(17)10(2)13(18)20-14-15(3,4)11-7-8-16(14,5)9-11;1-9(2)7-4-5-10(3,6-7)8(9)11;1-4-11-7(9)6(3)8(10)12-5-2;1-2-3/h11,14H,2,6-9H2,1,3-5H3;7-8,11H,4-6H2,1-3H3;3-5H2,1-2H3;3H,2H2,1H3. The highest BCUT2D eigenvalue weighted by atomic mass is 16.6. The zero-order chi connectivity index (χ0) is 35.7. The van der Waals surface area contributed by atoms with Crippen molar-refractivity contribution < 1.29 is 48.3 Å². The molecule has 4 rings (SSSR count). The number of carbonyl (C=O) groups is 4. The van der Waals surface area contributed by atoms with Crippen LogP contribution in [0.2, 0.25) is 0 Å². The van der Waals surface area contributed by atoms with Crippen LogP contribution in [0.25, 0.3) is 0 Å². The van der Waals surface area contributed by atoms with Crippen LogP contribution in [-0.4, -0.2) is 72.7 Å². The summed E-state index contributed by atoms with van der Waals surface area (Å²) in [6.07, 6.45) is 6.95. The van der Waals surface area contributed by atoms with Crippen molar-refractivity contribution in [1.29, 1.82) is 0 Å². The Hall–Kier alpha value is -2.72. The van der Waals surface area contributed by atoms with Gasteiger partial charge in [-0.05, 0) is 88.9 Å². The van der Waals surface area contributed by atoms with Crippen LogP contribution in [0.15, 0.2) is 24.3 Å². The first-order valence-electron chi connectivity index (χ1n) is 16.6. The van der Waals surface area contributed by atoms with Crippen molar-refractivity contribution in [1.82, 2.24) is 0 Å². The molecule has 0 aliphatic heterocycles. The third-order valence-electron chi connectivity index (χ3n) is 10.4. The van der Waals surface area contributed by atoms with Gasteiger partial charge in [0.25, 0.3) is 0 Å². The minimum Gasteiger partial charge on any atom is -0.462 e. The Bertz CT molecular complexity index is 1080. The van der Waals surface area contributed by atoms with Gasteiger partial charge in [-0.1, -0.05) is 54.7 Å². The zero-order valence-corrected chi connectivity index (χ0v) is 30.0. The van der Waals surface area contributed by atoms with E-state index in [1.54, 1.807) is 27.7 Å². The summed E-state index contributed by atoms with van der Waals surface area (Å²) in [5, 5.41) is 17.6. The van der Waals surface area contributed by atoms with Gasteiger partial charge in [0.15, 0.2) is 0 Å². The SMILES string of the molecule is C=C(C(=O)OCC)C(=O)OC1C2(C)CCC(C2)C1(C)C.C=C(C(=O)OCC)C(=O)OCC.CC12CCC(C1)C(C)(C)C2O.CCO. The Morgan fingerprint density at radius 3 is 1.28 bits per heavy atom. The summed E-state index contributed by atoms with van der Waals surface area (Å²) in [5.74, 6) is -1.42. The third-order valence-corrected chi connectivity index (χ3v) is 10.4. The lowest BCUT2D eigenvalue weighted by molar-refractivity contribution is -0.162. The van der Waals surface area contributed by atoms with E-state index >= 15 is 0 Å². The van der Waals surface area contributed by atoms with E-state index in [0.29, 0.717) is 5.92 Å². The lowest BCUT2D eigenvalue weighted by Crippen LogP contribution is -2.44. The number of fused-ring (bicyclic) bond motifs is 4. The predicted molar refractivity (Wildman–Crippen MR) is 175 cm³/mol. The minimum atomic E-state index is -0.726. The van der Waals surface area contributed by atoms with Crippen molar-refractivity contribution in [3.8, 4) is 0 Å². The normalized spacial score (nSPS) is 30.2. The lowest BCUT2D eigenvalue weighted by Gasteiger charge is -2.41. The maximum absolute atomic E-state index is 12.1. The molecule has 6 atom stereocenters. The number of carbonyl (C=O) groups excluding carboxylic acids is 4. The Balaban J connectivity index is 0.000000350. The molecule has 4 fully saturated rings. The molecule has 0 aromatic rings. The highest BCUT2D eigenvalue weighted by molar-refractivity contribution is 6.14. The highest BCUT2D eigenvalue weighted by Gasteiger charge is 2.61. The summed E-state index contributed by atoms with van der Waals surface area (Å²) in [7, 11) is 0. The number of rotatable bonds is 8. The summed E-state index contributed by atoms with van der Waals surface area (Å²) in [6, 6.07) is 0. The lowest BCUT2D eigenvalue weighted by atomic mass is 9.70. The number of aliphatic hydroxyl groups is 2. The molecule has 0 radical (unpaired) electrons. The van der Waals surface area contributed by atoms with E-state index in [1.807, 2.05) is 0 Å². The first-order valence-corrected chi connectivity index (χ1v) is 16.6. The second-order valence-corrected chi connectivity index (χ2v) is 14.5. The maximum Gasteiger partial charge on any atom is 0.345 e. The number of esters is 4. The van der Waals surface area contributed by atoms with Gasteiger partial charge in [0.2, 0.25) is 0 Å². The van der Waals surface area contributed by atoms with Gasteiger partial charge in [0, 0.05) is 17.4 Å². The molecule has 46 heavy (non-hydrogen) atoms. The molecule has 0 saturated heterocycles. The fourth-order valence-electron chi connectivity index (χ4n) is 7.83. The van der Waals surface area contributed by atoms with E-state index in [1.165, 1.54) is 25.7 Å². The summed E-state index contributed by atoms with van der Waals surface area (Å²) in [4.78, 5) is 45.3. The summed E-state index contributed by atoms with van der Waals surface area (Å²) in [5.41, 5.74) is -0.0508. The Morgan fingerprint density at radius 1 is 0.652 bits per heavy atom. The van der Waals surface area contributed by atoms with Crippen LogP contribution >= 0.6 is 0 Å². The summed E-state index contributed by atoms with van der Waals surface area (Å²) < 4.78 is 19.5. The highest BCUT2D eigenvalue weighted by Crippen LogP contribution is 2.64. The summed E-state index contributed by atoms with van der Waals surface area (Å²) in [6.45, 7) is 27.5.